The maximum absolute atomic E-state index is 13.6. The molecule has 0 bridgehead atoms. The number of hydrogen-bond donors (Lipinski definition) is 1. The zero-order chi connectivity index (χ0) is 16.4. The van der Waals surface area contributed by atoms with Gasteiger partial charge in [-0.2, -0.15) is 18.3 Å². The number of allylic oxidation sites excluding steroid dienone is 2. The van der Waals surface area contributed by atoms with Crippen molar-refractivity contribution < 1.29 is 18.0 Å². The van der Waals surface area contributed by atoms with Crippen LogP contribution >= 0.6 is 0 Å². The van der Waals surface area contributed by atoms with Crippen molar-refractivity contribution in [2.45, 2.75) is 38.8 Å². The zero-order valence-corrected chi connectivity index (χ0v) is 12.5. The highest BCUT2D eigenvalue weighted by Crippen LogP contribution is 2.58. The Labute approximate surface area is 130 Å². The number of nitrogens with one attached hydrogen (secondary N) is 1. The number of rotatable bonds is 1. The highest BCUT2D eigenvalue weighted by molar-refractivity contribution is 6.08. The number of carbonyl (C=O) groups excluding carboxylic acids is 1. The van der Waals surface area contributed by atoms with Crippen LogP contribution in [0.3, 0.4) is 0 Å². The van der Waals surface area contributed by atoms with Gasteiger partial charge in [-0.25, -0.2) is 0 Å². The molecule has 1 unspecified atom stereocenters. The minimum Gasteiger partial charge on any atom is -0.294 e. The molecule has 23 heavy (non-hydrogen) atoms. The number of ketones is 1. The molecule has 1 heterocycles. The molecule has 0 amide bonds. The lowest BCUT2D eigenvalue weighted by atomic mass is 9.68. The third-order valence-electron chi connectivity index (χ3n) is 5.37. The van der Waals surface area contributed by atoms with Gasteiger partial charge in [0.25, 0.3) is 0 Å². The van der Waals surface area contributed by atoms with Crippen LogP contribution < -0.4 is 0 Å². The number of hydrogen-bond acceptors (Lipinski definition) is 2. The van der Waals surface area contributed by atoms with Crippen molar-refractivity contribution in [3.8, 4) is 0 Å². The number of alkyl halides is 3. The largest absolute Gasteiger partial charge is 0.420 e. The van der Waals surface area contributed by atoms with Gasteiger partial charge in [0.15, 0.2) is 5.78 Å². The molecule has 0 saturated heterocycles. The van der Waals surface area contributed by atoms with E-state index in [4.69, 9.17) is 0 Å². The van der Waals surface area contributed by atoms with E-state index < -0.39 is 22.9 Å². The summed E-state index contributed by atoms with van der Waals surface area (Å²) >= 11 is 0. The van der Waals surface area contributed by atoms with E-state index >= 15 is 0 Å². The quantitative estimate of drug-likeness (QED) is 0.856. The number of nitrogens with zero attached hydrogens (tertiary/aromatic N) is 1. The fraction of sp³-hybridized carbons (Fsp3) is 0.412. The van der Waals surface area contributed by atoms with E-state index in [0.717, 1.165) is 16.5 Å². The van der Waals surface area contributed by atoms with Crippen molar-refractivity contribution in [2.24, 2.45) is 5.41 Å². The standard InChI is InChI=1S/C17H15F3N2O/c1-2-16-6-5-13(23)15(17(18,19)20)14(16)9-3-4-12-11(8-21-22-12)10(9)7-16/h3-4,8H,2,5-7H2,1H3,(H,21,22). The summed E-state index contributed by atoms with van der Waals surface area (Å²) in [7, 11) is 0. The molecule has 4 rings (SSSR count). The average molecular weight is 320 g/mol. The van der Waals surface area contributed by atoms with E-state index in [1.54, 1.807) is 18.3 Å². The Hall–Kier alpha value is -2.11. The Morgan fingerprint density at radius 2 is 2.13 bits per heavy atom. The van der Waals surface area contributed by atoms with E-state index in [9.17, 15) is 18.0 Å². The smallest absolute Gasteiger partial charge is 0.294 e. The average Bonchev–Trinajstić information content (AvgIpc) is 3.07. The van der Waals surface area contributed by atoms with Crippen LogP contribution in [0.2, 0.25) is 0 Å². The fourth-order valence-corrected chi connectivity index (χ4v) is 4.22. The van der Waals surface area contributed by atoms with E-state index in [1.807, 2.05) is 6.92 Å². The second kappa shape index (κ2) is 4.46. The van der Waals surface area contributed by atoms with Crippen molar-refractivity contribution in [1.82, 2.24) is 10.2 Å². The normalized spacial score (nSPS) is 24.3. The van der Waals surface area contributed by atoms with E-state index in [1.165, 1.54) is 0 Å². The first-order valence-corrected chi connectivity index (χ1v) is 7.68. The summed E-state index contributed by atoms with van der Waals surface area (Å²) in [6, 6.07) is 3.44. The highest BCUT2D eigenvalue weighted by Gasteiger charge is 2.53. The van der Waals surface area contributed by atoms with Gasteiger partial charge in [-0.1, -0.05) is 13.0 Å². The van der Waals surface area contributed by atoms with Crippen molar-refractivity contribution in [3.63, 3.8) is 0 Å². The Morgan fingerprint density at radius 3 is 2.83 bits per heavy atom. The van der Waals surface area contributed by atoms with Gasteiger partial charge in [-0.15, -0.1) is 0 Å². The van der Waals surface area contributed by atoms with Crippen LogP contribution in [0.4, 0.5) is 13.2 Å². The minimum absolute atomic E-state index is 0.0330. The van der Waals surface area contributed by atoms with Crippen molar-refractivity contribution in [2.75, 3.05) is 0 Å². The second-order valence-corrected chi connectivity index (χ2v) is 6.40. The lowest BCUT2D eigenvalue weighted by Crippen LogP contribution is -2.33. The maximum Gasteiger partial charge on any atom is 0.420 e. The summed E-state index contributed by atoms with van der Waals surface area (Å²) in [5.41, 5.74) is 0.945. The van der Waals surface area contributed by atoms with E-state index in [2.05, 4.69) is 10.2 Å². The molecule has 0 aliphatic heterocycles. The van der Waals surface area contributed by atoms with Gasteiger partial charge < -0.3 is 0 Å². The van der Waals surface area contributed by atoms with Gasteiger partial charge in [0.05, 0.1) is 11.7 Å². The number of benzene rings is 1. The summed E-state index contributed by atoms with van der Waals surface area (Å²) in [5.74, 6) is -0.781. The fourth-order valence-electron chi connectivity index (χ4n) is 4.22. The lowest BCUT2D eigenvalue weighted by Gasteiger charge is -2.36. The molecular weight excluding hydrogens is 305 g/mol. The molecule has 120 valence electrons. The molecule has 1 aromatic heterocycles. The van der Waals surface area contributed by atoms with Crippen LogP contribution in [0.25, 0.3) is 16.5 Å². The van der Waals surface area contributed by atoms with Gasteiger partial charge in [0.2, 0.25) is 0 Å². The third kappa shape index (κ3) is 1.84. The molecule has 3 nitrogen and oxygen atoms in total. The number of halogens is 3. The molecule has 1 atom stereocenters. The van der Waals surface area contributed by atoms with Crippen molar-refractivity contribution in [3.05, 3.63) is 35.0 Å². The van der Waals surface area contributed by atoms with Crippen LogP contribution in [-0.2, 0) is 11.2 Å². The summed E-state index contributed by atoms with van der Waals surface area (Å²) in [6.07, 6.45) is -1.38. The summed E-state index contributed by atoms with van der Waals surface area (Å²) in [6.45, 7) is 1.90. The first-order chi connectivity index (χ1) is 10.9. The predicted molar refractivity (Wildman–Crippen MR) is 79.7 cm³/mol. The first kappa shape index (κ1) is 14.5. The summed E-state index contributed by atoms with van der Waals surface area (Å²) in [5, 5.41) is 7.71. The Bertz CT molecular complexity index is 862. The van der Waals surface area contributed by atoms with E-state index in [-0.39, 0.29) is 12.0 Å². The molecule has 1 N–H and O–H groups in total. The SMILES string of the molecule is CCC12CCC(=O)C(C(F)(F)F)=C1c1ccc3[nH]ncc3c1C2. The van der Waals surface area contributed by atoms with Crippen LogP contribution in [0.15, 0.2) is 23.9 Å². The molecule has 2 aliphatic carbocycles. The molecule has 2 aromatic rings. The number of fused-ring (bicyclic) bond motifs is 5. The molecule has 0 saturated carbocycles. The third-order valence-corrected chi connectivity index (χ3v) is 5.37. The van der Waals surface area contributed by atoms with Crippen LogP contribution in [-0.4, -0.2) is 22.2 Å². The number of aromatic amines is 1. The molecule has 0 radical (unpaired) electrons. The number of Topliss-reactive ketones (excluding diaryl/α,β-unsaturated/α-hetero) is 1. The topological polar surface area (TPSA) is 45.8 Å². The molecule has 0 spiro atoms. The molecular formula is C17H15F3N2O. The van der Waals surface area contributed by atoms with Crippen LogP contribution in [0.1, 0.15) is 37.3 Å². The first-order valence-electron chi connectivity index (χ1n) is 7.68. The monoisotopic (exact) mass is 320 g/mol. The van der Waals surface area contributed by atoms with Gasteiger partial charge in [0, 0.05) is 17.2 Å². The Balaban J connectivity index is 2.10. The van der Waals surface area contributed by atoms with Crippen LogP contribution in [0.5, 0.6) is 0 Å². The molecule has 0 fully saturated rings. The zero-order valence-electron chi connectivity index (χ0n) is 12.5. The van der Waals surface area contributed by atoms with Gasteiger partial charge >= 0.3 is 6.18 Å². The van der Waals surface area contributed by atoms with Crippen molar-refractivity contribution in [1.29, 1.82) is 0 Å². The molecule has 2 aliphatic rings. The molecule has 1 aromatic carbocycles. The Morgan fingerprint density at radius 1 is 1.35 bits per heavy atom. The number of carbonyl (C=O) groups is 1. The van der Waals surface area contributed by atoms with Gasteiger partial charge in [-0.3, -0.25) is 9.89 Å². The van der Waals surface area contributed by atoms with Gasteiger partial charge in [-0.05, 0) is 42.0 Å². The number of aromatic nitrogens is 2. The maximum atomic E-state index is 13.6. The summed E-state index contributed by atoms with van der Waals surface area (Å²) < 4.78 is 40.8. The lowest BCUT2D eigenvalue weighted by molar-refractivity contribution is -0.130. The highest BCUT2D eigenvalue weighted by atomic mass is 19.4. The molecule has 6 heteroatoms. The minimum atomic E-state index is -4.61. The Kier molecular flexibility index (Phi) is 2.81. The second-order valence-electron chi connectivity index (χ2n) is 6.40. The van der Waals surface area contributed by atoms with E-state index in [0.29, 0.717) is 24.8 Å². The summed E-state index contributed by atoms with van der Waals surface area (Å²) in [4.78, 5) is 12.1. The van der Waals surface area contributed by atoms with Crippen molar-refractivity contribution >= 4 is 22.3 Å². The van der Waals surface area contributed by atoms with Gasteiger partial charge in [0.1, 0.15) is 5.57 Å². The number of H-pyrrole nitrogens is 1. The predicted octanol–water partition coefficient (Wildman–Crippen LogP) is 4.19. The van der Waals surface area contributed by atoms with Crippen LogP contribution in [0, 0.1) is 5.41 Å².